The van der Waals surface area contributed by atoms with E-state index in [-0.39, 0.29) is 0 Å². The second-order valence-electron chi connectivity index (χ2n) is 2.90. The molecule has 0 saturated carbocycles. The lowest BCUT2D eigenvalue weighted by Gasteiger charge is -1.87. The summed E-state index contributed by atoms with van der Waals surface area (Å²) in [6, 6.07) is 3.70. The Labute approximate surface area is 80.9 Å². The van der Waals surface area contributed by atoms with Crippen molar-refractivity contribution in [3.8, 4) is 0 Å². The van der Waals surface area contributed by atoms with Gasteiger partial charge in [-0.2, -0.15) is 4.98 Å². The first-order valence-electron chi connectivity index (χ1n) is 4.42. The van der Waals surface area contributed by atoms with Gasteiger partial charge in [-0.25, -0.2) is 0 Å². The minimum absolute atomic E-state index is 0.516. The lowest BCUT2D eigenvalue weighted by Crippen LogP contribution is -2.02. The standard InChI is InChI=1S/C9H11N3O2/c10-4-3-9-11-8(12-14-9)6-7-2-1-5-13-7/h1-2,5H,3-4,6,10H2. The lowest BCUT2D eigenvalue weighted by atomic mass is 10.3. The fraction of sp³-hybridized carbons (Fsp3) is 0.333. The number of hydrogen-bond donors (Lipinski definition) is 1. The van der Waals surface area contributed by atoms with Gasteiger partial charge in [-0.3, -0.25) is 0 Å². The van der Waals surface area contributed by atoms with Crippen LogP contribution in [-0.2, 0) is 12.8 Å². The highest BCUT2D eigenvalue weighted by Crippen LogP contribution is 2.07. The zero-order valence-corrected chi connectivity index (χ0v) is 7.64. The highest BCUT2D eigenvalue weighted by molar-refractivity contribution is 5.05. The van der Waals surface area contributed by atoms with Crippen molar-refractivity contribution in [3.63, 3.8) is 0 Å². The van der Waals surface area contributed by atoms with Gasteiger partial charge in [0.15, 0.2) is 5.82 Å². The van der Waals surface area contributed by atoms with E-state index in [1.54, 1.807) is 6.26 Å². The fourth-order valence-corrected chi connectivity index (χ4v) is 1.16. The molecule has 0 saturated heterocycles. The van der Waals surface area contributed by atoms with Gasteiger partial charge in [0, 0.05) is 13.0 Å². The van der Waals surface area contributed by atoms with Crippen LogP contribution in [0.3, 0.4) is 0 Å². The molecule has 0 aliphatic carbocycles. The molecule has 14 heavy (non-hydrogen) atoms. The average molecular weight is 193 g/mol. The van der Waals surface area contributed by atoms with Crippen molar-refractivity contribution >= 4 is 0 Å². The maximum atomic E-state index is 5.36. The van der Waals surface area contributed by atoms with Gasteiger partial charge in [-0.05, 0) is 12.1 Å². The minimum atomic E-state index is 0.516. The number of furan rings is 1. The first-order chi connectivity index (χ1) is 6.88. The number of nitrogens with two attached hydrogens (primary N) is 1. The summed E-state index contributed by atoms with van der Waals surface area (Å²) in [6.45, 7) is 0.516. The van der Waals surface area contributed by atoms with E-state index in [4.69, 9.17) is 14.7 Å². The summed E-state index contributed by atoms with van der Waals surface area (Å²) in [5, 5.41) is 3.81. The summed E-state index contributed by atoms with van der Waals surface area (Å²) in [4.78, 5) is 4.16. The maximum absolute atomic E-state index is 5.36. The van der Waals surface area contributed by atoms with Crippen LogP contribution in [-0.4, -0.2) is 16.7 Å². The fourth-order valence-electron chi connectivity index (χ4n) is 1.16. The van der Waals surface area contributed by atoms with Crippen molar-refractivity contribution in [2.75, 3.05) is 6.54 Å². The summed E-state index contributed by atoms with van der Waals surface area (Å²) < 4.78 is 10.1. The van der Waals surface area contributed by atoms with Gasteiger partial charge in [-0.15, -0.1) is 0 Å². The quantitative estimate of drug-likeness (QED) is 0.775. The second kappa shape index (κ2) is 4.06. The molecule has 0 aliphatic rings. The smallest absolute Gasteiger partial charge is 0.227 e. The zero-order chi connectivity index (χ0) is 9.80. The van der Waals surface area contributed by atoms with Crippen LogP contribution >= 0.6 is 0 Å². The van der Waals surface area contributed by atoms with E-state index < -0.39 is 0 Å². The van der Waals surface area contributed by atoms with Crippen LogP contribution in [0.1, 0.15) is 17.5 Å². The Morgan fingerprint density at radius 3 is 3.07 bits per heavy atom. The van der Waals surface area contributed by atoms with E-state index in [1.165, 1.54) is 0 Å². The minimum Gasteiger partial charge on any atom is -0.469 e. The van der Waals surface area contributed by atoms with Crippen molar-refractivity contribution in [1.29, 1.82) is 0 Å². The van der Waals surface area contributed by atoms with Crippen LogP contribution in [0, 0.1) is 0 Å². The van der Waals surface area contributed by atoms with Crippen molar-refractivity contribution in [3.05, 3.63) is 35.9 Å². The van der Waals surface area contributed by atoms with E-state index in [9.17, 15) is 0 Å². The predicted molar refractivity (Wildman–Crippen MR) is 48.6 cm³/mol. The molecule has 0 spiro atoms. The summed E-state index contributed by atoms with van der Waals surface area (Å²) in [5.41, 5.74) is 5.36. The molecule has 0 aliphatic heterocycles. The molecular formula is C9H11N3O2. The van der Waals surface area contributed by atoms with Gasteiger partial charge in [-0.1, -0.05) is 5.16 Å². The van der Waals surface area contributed by atoms with Crippen LogP contribution in [0.25, 0.3) is 0 Å². The van der Waals surface area contributed by atoms with Gasteiger partial charge >= 0.3 is 0 Å². The molecule has 0 radical (unpaired) electrons. The molecule has 74 valence electrons. The molecule has 2 aromatic rings. The third kappa shape index (κ3) is 2.00. The molecule has 2 N–H and O–H groups in total. The SMILES string of the molecule is NCCc1nc(Cc2ccco2)no1. The third-order valence-corrected chi connectivity index (χ3v) is 1.78. The Hall–Kier alpha value is -1.62. The second-order valence-corrected chi connectivity index (χ2v) is 2.90. The molecule has 2 heterocycles. The van der Waals surface area contributed by atoms with Gasteiger partial charge in [0.25, 0.3) is 0 Å². The molecule has 2 aromatic heterocycles. The molecule has 0 fully saturated rings. The van der Waals surface area contributed by atoms with Gasteiger partial charge < -0.3 is 14.7 Å². The Kier molecular flexibility index (Phi) is 2.60. The number of nitrogens with zero attached hydrogens (tertiary/aromatic N) is 2. The molecule has 5 nitrogen and oxygen atoms in total. The van der Waals surface area contributed by atoms with Crippen molar-refractivity contribution < 1.29 is 8.94 Å². The summed E-state index contributed by atoms with van der Waals surface area (Å²) in [6.07, 6.45) is 2.79. The van der Waals surface area contributed by atoms with E-state index >= 15 is 0 Å². The predicted octanol–water partition coefficient (Wildman–Crippen LogP) is 0.755. The first-order valence-corrected chi connectivity index (χ1v) is 4.42. The Morgan fingerprint density at radius 2 is 2.36 bits per heavy atom. The van der Waals surface area contributed by atoms with Gasteiger partial charge in [0.2, 0.25) is 5.89 Å². The lowest BCUT2D eigenvalue weighted by molar-refractivity contribution is 0.373. The van der Waals surface area contributed by atoms with Crippen LogP contribution in [0.5, 0.6) is 0 Å². The van der Waals surface area contributed by atoms with Crippen molar-refractivity contribution in [2.45, 2.75) is 12.8 Å². The molecule has 0 atom stereocenters. The summed E-state index contributed by atoms with van der Waals surface area (Å²) >= 11 is 0. The molecule has 0 bridgehead atoms. The Morgan fingerprint density at radius 1 is 1.43 bits per heavy atom. The van der Waals surface area contributed by atoms with E-state index in [0.717, 1.165) is 5.76 Å². The van der Waals surface area contributed by atoms with Crippen LogP contribution < -0.4 is 5.73 Å². The van der Waals surface area contributed by atoms with Crippen molar-refractivity contribution in [1.82, 2.24) is 10.1 Å². The van der Waals surface area contributed by atoms with Gasteiger partial charge in [0.05, 0.1) is 12.7 Å². The summed E-state index contributed by atoms with van der Waals surface area (Å²) in [7, 11) is 0. The monoisotopic (exact) mass is 193 g/mol. The highest BCUT2D eigenvalue weighted by Gasteiger charge is 2.07. The van der Waals surface area contributed by atoms with Crippen LogP contribution in [0.2, 0.25) is 0 Å². The van der Waals surface area contributed by atoms with Crippen LogP contribution in [0.15, 0.2) is 27.3 Å². The zero-order valence-electron chi connectivity index (χ0n) is 7.64. The number of hydrogen-bond acceptors (Lipinski definition) is 5. The largest absolute Gasteiger partial charge is 0.469 e. The van der Waals surface area contributed by atoms with E-state index in [1.807, 2.05) is 12.1 Å². The molecule has 5 heteroatoms. The van der Waals surface area contributed by atoms with Crippen molar-refractivity contribution in [2.24, 2.45) is 5.73 Å². The summed E-state index contributed by atoms with van der Waals surface area (Å²) in [5.74, 6) is 2.03. The molecular weight excluding hydrogens is 182 g/mol. The van der Waals surface area contributed by atoms with Crippen LogP contribution in [0.4, 0.5) is 0 Å². The molecule has 0 amide bonds. The number of aromatic nitrogens is 2. The molecule has 0 unspecified atom stereocenters. The highest BCUT2D eigenvalue weighted by atomic mass is 16.5. The maximum Gasteiger partial charge on any atom is 0.227 e. The molecule has 2 rings (SSSR count). The Bertz CT molecular complexity index is 380. The molecule has 0 aromatic carbocycles. The normalized spacial score (nSPS) is 10.6. The van der Waals surface area contributed by atoms with Gasteiger partial charge in [0.1, 0.15) is 5.76 Å². The third-order valence-electron chi connectivity index (χ3n) is 1.78. The average Bonchev–Trinajstić information content (AvgIpc) is 2.79. The topological polar surface area (TPSA) is 78.1 Å². The van der Waals surface area contributed by atoms with E-state index in [2.05, 4.69) is 10.1 Å². The first kappa shape index (κ1) is 8.96. The Balaban J connectivity index is 2.03. The van der Waals surface area contributed by atoms with E-state index in [0.29, 0.717) is 31.1 Å². The number of rotatable bonds is 4.